The van der Waals surface area contributed by atoms with Gasteiger partial charge in [-0.2, -0.15) is 5.10 Å². The van der Waals surface area contributed by atoms with Crippen LogP contribution in [0.25, 0.3) is 5.69 Å². The number of carbonyl (C=O) groups is 1. The number of hydrogen-bond donors (Lipinski definition) is 1. The second-order valence-corrected chi connectivity index (χ2v) is 8.80. The average Bonchev–Trinajstić information content (AvgIpc) is 2.95. The molecule has 29 heavy (non-hydrogen) atoms. The number of nitrogens with zero attached hydrogens (tertiary/aromatic N) is 3. The Morgan fingerprint density at radius 1 is 1.03 bits per heavy atom. The summed E-state index contributed by atoms with van der Waals surface area (Å²) in [7, 11) is -3.63. The number of sulfonamides is 1. The van der Waals surface area contributed by atoms with Crippen molar-refractivity contribution in [3.8, 4) is 5.69 Å². The molecule has 2 aromatic carbocycles. The normalized spacial score (nSPS) is 11.3. The Labute approximate surface area is 171 Å². The first-order chi connectivity index (χ1) is 13.7. The molecular weight excluding hydrogens is 388 g/mol. The van der Waals surface area contributed by atoms with Gasteiger partial charge in [-0.25, -0.2) is 13.1 Å². The first-order valence-corrected chi connectivity index (χ1v) is 11.0. The summed E-state index contributed by atoms with van der Waals surface area (Å²) in [5, 5.41) is 7.34. The van der Waals surface area contributed by atoms with E-state index in [-0.39, 0.29) is 6.54 Å². The minimum atomic E-state index is -3.63. The first kappa shape index (κ1) is 20.6. The van der Waals surface area contributed by atoms with E-state index in [0.29, 0.717) is 17.1 Å². The van der Waals surface area contributed by atoms with Crippen molar-refractivity contribution in [3.05, 3.63) is 71.5 Å². The average molecular weight is 413 g/mol. The van der Waals surface area contributed by atoms with E-state index in [1.807, 2.05) is 56.3 Å². The SMILES string of the molecule is Cc1ccccc1N(CC(=O)Nc1c(C)nn(-c2ccccc2)c1C)S(C)(=O)=O. The molecule has 1 heterocycles. The van der Waals surface area contributed by atoms with Crippen molar-refractivity contribution in [1.29, 1.82) is 0 Å². The number of benzene rings is 2. The van der Waals surface area contributed by atoms with Crippen molar-refractivity contribution >= 4 is 27.3 Å². The van der Waals surface area contributed by atoms with Crippen LogP contribution in [0.3, 0.4) is 0 Å². The van der Waals surface area contributed by atoms with Crippen LogP contribution in [-0.2, 0) is 14.8 Å². The van der Waals surface area contributed by atoms with Gasteiger partial charge in [0.15, 0.2) is 0 Å². The zero-order valence-corrected chi connectivity index (χ0v) is 17.7. The molecule has 0 spiro atoms. The topological polar surface area (TPSA) is 84.3 Å². The van der Waals surface area contributed by atoms with Crippen molar-refractivity contribution in [2.75, 3.05) is 22.4 Å². The van der Waals surface area contributed by atoms with Crippen LogP contribution in [0.1, 0.15) is 17.0 Å². The van der Waals surface area contributed by atoms with Crippen LogP contribution in [0.4, 0.5) is 11.4 Å². The monoisotopic (exact) mass is 412 g/mol. The van der Waals surface area contributed by atoms with Gasteiger partial charge in [0.05, 0.1) is 34.7 Å². The second-order valence-electron chi connectivity index (χ2n) is 6.90. The van der Waals surface area contributed by atoms with Crippen molar-refractivity contribution in [2.45, 2.75) is 20.8 Å². The number of anilines is 2. The van der Waals surface area contributed by atoms with E-state index >= 15 is 0 Å². The summed E-state index contributed by atoms with van der Waals surface area (Å²) in [5.74, 6) is -0.433. The maximum Gasteiger partial charge on any atom is 0.245 e. The highest BCUT2D eigenvalue weighted by atomic mass is 32.2. The fourth-order valence-corrected chi connectivity index (χ4v) is 4.09. The zero-order valence-electron chi connectivity index (χ0n) is 16.9. The van der Waals surface area contributed by atoms with Gasteiger partial charge in [0, 0.05) is 0 Å². The molecule has 0 unspecified atom stereocenters. The third kappa shape index (κ3) is 4.48. The van der Waals surface area contributed by atoms with Gasteiger partial charge in [0.25, 0.3) is 0 Å². The van der Waals surface area contributed by atoms with Crippen LogP contribution in [-0.4, -0.2) is 36.9 Å². The third-order valence-corrected chi connectivity index (χ3v) is 5.75. The maximum absolute atomic E-state index is 12.8. The summed E-state index contributed by atoms with van der Waals surface area (Å²) in [6.45, 7) is 5.15. The van der Waals surface area contributed by atoms with Crippen molar-refractivity contribution in [3.63, 3.8) is 0 Å². The van der Waals surface area contributed by atoms with Crippen LogP contribution in [0.15, 0.2) is 54.6 Å². The smallest absolute Gasteiger partial charge is 0.245 e. The zero-order chi connectivity index (χ0) is 21.2. The van der Waals surface area contributed by atoms with Gasteiger partial charge in [0.2, 0.25) is 15.9 Å². The Morgan fingerprint density at radius 3 is 2.28 bits per heavy atom. The summed E-state index contributed by atoms with van der Waals surface area (Å²) in [6, 6.07) is 16.7. The maximum atomic E-state index is 12.8. The van der Waals surface area contributed by atoms with E-state index in [2.05, 4.69) is 10.4 Å². The fraction of sp³-hybridized carbons (Fsp3) is 0.238. The molecule has 0 radical (unpaired) electrons. The predicted molar refractivity (Wildman–Crippen MR) is 115 cm³/mol. The summed E-state index contributed by atoms with van der Waals surface area (Å²) >= 11 is 0. The molecule has 0 bridgehead atoms. The molecule has 3 rings (SSSR count). The Kier molecular flexibility index (Phi) is 5.74. The lowest BCUT2D eigenvalue weighted by Crippen LogP contribution is -2.38. The molecule has 1 aromatic heterocycles. The van der Waals surface area contributed by atoms with Gasteiger partial charge < -0.3 is 5.32 Å². The summed E-state index contributed by atoms with van der Waals surface area (Å²) in [6.07, 6.45) is 1.09. The molecule has 0 saturated heterocycles. The Bertz CT molecular complexity index is 1140. The lowest BCUT2D eigenvalue weighted by atomic mass is 10.2. The predicted octanol–water partition coefficient (Wildman–Crippen LogP) is 3.20. The standard InChI is InChI=1S/C21H24N4O3S/c1-15-10-8-9-13-19(15)24(29(4,27)28)14-20(26)22-21-16(2)23-25(17(21)3)18-11-6-5-7-12-18/h5-13H,14H2,1-4H3,(H,22,26). The van der Waals surface area contributed by atoms with E-state index in [9.17, 15) is 13.2 Å². The Hall–Kier alpha value is -3.13. The molecule has 0 aliphatic heterocycles. The third-order valence-electron chi connectivity index (χ3n) is 4.63. The molecule has 8 heteroatoms. The largest absolute Gasteiger partial charge is 0.321 e. The number of para-hydroxylation sites is 2. The van der Waals surface area contributed by atoms with Crippen LogP contribution in [0.5, 0.6) is 0 Å². The quantitative estimate of drug-likeness (QED) is 0.674. The van der Waals surface area contributed by atoms with Gasteiger partial charge in [-0.05, 0) is 44.5 Å². The van der Waals surface area contributed by atoms with Crippen molar-refractivity contribution in [2.24, 2.45) is 0 Å². The van der Waals surface area contributed by atoms with E-state index in [4.69, 9.17) is 0 Å². The van der Waals surface area contributed by atoms with E-state index < -0.39 is 15.9 Å². The number of amides is 1. The van der Waals surface area contributed by atoms with E-state index in [1.165, 1.54) is 0 Å². The van der Waals surface area contributed by atoms with Gasteiger partial charge in [-0.3, -0.25) is 9.10 Å². The highest BCUT2D eigenvalue weighted by molar-refractivity contribution is 7.92. The van der Waals surface area contributed by atoms with Gasteiger partial charge in [0.1, 0.15) is 6.54 Å². The number of aromatic nitrogens is 2. The van der Waals surface area contributed by atoms with Crippen molar-refractivity contribution in [1.82, 2.24) is 9.78 Å². The molecular formula is C21H24N4O3S. The highest BCUT2D eigenvalue weighted by Gasteiger charge is 2.23. The Morgan fingerprint density at radius 2 is 1.66 bits per heavy atom. The summed E-state index contributed by atoms with van der Waals surface area (Å²) in [5.41, 5.74) is 4.14. The minimum Gasteiger partial charge on any atom is -0.321 e. The number of aryl methyl sites for hydroxylation is 2. The van der Waals surface area contributed by atoms with Gasteiger partial charge in [-0.1, -0.05) is 36.4 Å². The fourth-order valence-electron chi connectivity index (χ4n) is 3.18. The van der Waals surface area contributed by atoms with E-state index in [1.54, 1.807) is 23.7 Å². The molecule has 0 aliphatic rings. The molecule has 1 N–H and O–H groups in total. The summed E-state index contributed by atoms with van der Waals surface area (Å²) in [4.78, 5) is 12.8. The molecule has 1 amide bonds. The summed E-state index contributed by atoms with van der Waals surface area (Å²) < 4.78 is 27.5. The molecule has 3 aromatic rings. The number of rotatable bonds is 6. The highest BCUT2D eigenvalue weighted by Crippen LogP contribution is 2.24. The molecule has 152 valence electrons. The number of carbonyl (C=O) groups excluding carboxylic acids is 1. The molecule has 0 fully saturated rings. The molecule has 0 aliphatic carbocycles. The lowest BCUT2D eigenvalue weighted by Gasteiger charge is -2.23. The molecule has 0 saturated carbocycles. The van der Waals surface area contributed by atoms with Crippen molar-refractivity contribution < 1.29 is 13.2 Å². The first-order valence-electron chi connectivity index (χ1n) is 9.13. The van der Waals surface area contributed by atoms with Gasteiger partial charge in [-0.15, -0.1) is 0 Å². The Balaban J connectivity index is 1.87. The number of hydrogen-bond acceptors (Lipinski definition) is 4. The van der Waals surface area contributed by atoms with Crippen LogP contribution < -0.4 is 9.62 Å². The lowest BCUT2D eigenvalue weighted by molar-refractivity contribution is -0.114. The molecule has 7 nitrogen and oxygen atoms in total. The van der Waals surface area contributed by atoms with E-state index in [0.717, 1.165) is 27.5 Å². The number of nitrogens with one attached hydrogen (secondary N) is 1. The molecule has 0 atom stereocenters. The van der Waals surface area contributed by atoms with Gasteiger partial charge >= 0.3 is 0 Å². The van der Waals surface area contributed by atoms with Crippen LogP contribution >= 0.6 is 0 Å². The minimum absolute atomic E-state index is 0.320. The second kappa shape index (κ2) is 8.08. The van der Waals surface area contributed by atoms with Crippen LogP contribution in [0, 0.1) is 20.8 Å². The van der Waals surface area contributed by atoms with Crippen LogP contribution in [0.2, 0.25) is 0 Å².